The van der Waals surface area contributed by atoms with E-state index >= 15 is 0 Å². The third kappa shape index (κ3) is 3.19. The van der Waals surface area contributed by atoms with E-state index < -0.39 is 0 Å². The molecule has 98 valence electrons. The van der Waals surface area contributed by atoms with Gasteiger partial charge in [0.15, 0.2) is 0 Å². The minimum Gasteiger partial charge on any atom is -0.395 e. The second-order valence-electron chi connectivity index (χ2n) is 5.83. The molecule has 3 fully saturated rings. The SMILES string of the molecule is OCC(CCN1CC2CCC(C1)O2)NC1CC1. The highest BCUT2D eigenvalue weighted by molar-refractivity contribution is 4.87. The van der Waals surface area contributed by atoms with Gasteiger partial charge in [-0.2, -0.15) is 0 Å². The molecule has 0 aromatic heterocycles. The third-order valence-corrected chi connectivity index (χ3v) is 4.18. The molecule has 1 aliphatic carbocycles. The van der Waals surface area contributed by atoms with Gasteiger partial charge in [-0.3, -0.25) is 4.90 Å². The van der Waals surface area contributed by atoms with E-state index in [1.165, 1.54) is 25.7 Å². The normalized spacial score (nSPS) is 35.1. The number of morpholine rings is 1. The van der Waals surface area contributed by atoms with Gasteiger partial charge in [-0.05, 0) is 38.6 Å². The molecular formula is C13H24N2O2. The Morgan fingerprint density at radius 1 is 1.18 bits per heavy atom. The van der Waals surface area contributed by atoms with Gasteiger partial charge in [0.25, 0.3) is 0 Å². The Bertz CT molecular complexity index is 246. The van der Waals surface area contributed by atoms with Gasteiger partial charge in [-0.15, -0.1) is 0 Å². The van der Waals surface area contributed by atoms with Gasteiger partial charge in [0.1, 0.15) is 0 Å². The highest BCUT2D eigenvalue weighted by Crippen LogP contribution is 2.26. The van der Waals surface area contributed by atoms with Crippen LogP contribution in [0.5, 0.6) is 0 Å². The molecule has 2 heterocycles. The zero-order valence-electron chi connectivity index (χ0n) is 10.5. The van der Waals surface area contributed by atoms with Crippen LogP contribution in [0.25, 0.3) is 0 Å². The first-order valence-corrected chi connectivity index (χ1v) is 7.08. The van der Waals surface area contributed by atoms with Crippen molar-refractivity contribution in [2.75, 3.05) is 26.2 Å². The zero-order valence-corrected chi connectivity index (χ0v) is 10.5. The number of ether oxygens (including phenoxy) is 1. The topological polar surface area (TPSA) is 44.7 Å². The Labute approximate surface area is 103 Å². The van der Waals surface area contributed by atoms with E-state index in [9.17, 15) is 5.11 Å². The van der Waals surface area contributed by atoms with Crippen molar-refractivity contribution in [1.29, 1.82) is 0 Å². The maximum Gasteiger partial charge on any atom is 0.0707 e. The van der Waals surface area contributed by atoms with Crippen LogP contribution in [0.4, 0.5) is 0 Å². The van der Waals surface area contributed by atoms with E-state index in [-0.39, 0.29) is 6.61 Å². The molecule has 0 aromatic carbocycles. The number of aliphatic hydroxyl groups excluding tert-OH is 1. The number of hydrogen-bond donors (Lipinski definition) is 2. The Morgan fingerprint density at radius 2 is 1.88 bits per heavy atom. The molecule has 4 nitrogen and oxygen atoms in total. The van der Waals surface area contributed by atoms with Crippen LogP contribution < -0.4 is 5.32 Å². The minimum atomic E-state index is 0.272. The summed E-state index contributed by atoms with van der Waals surface area (Å²) in [6, 6.07) is 0.982. The lowest BCUT2D eigenvalue weighted by molar-refractivity contribution is -0.0394. The van der Waals surface area contributed by atoms with Crippen LogP contribution >= 0.6 is 0 Å². The van der Waals surface area contributed by atoms with E-state index in [1.54, 1.807) is 0 Å². The summed E-state index contributed by atoms with van der Waals surface area (Å²) < 4.78 is 5.83. The molecule has 4 heteroatoms. The fourth-order valence-corrected chi connectivity index (χ4v) is 3.03. The van der Waals surface area contributed by atoms with Crippen molar-refractivity contribution in [3.8, 4) is 0 Å². The van der Waals surface area contributed by atoms with Crippen LogP contribution in [0.3, 0.4) is 0 Å². The average Bonchev–Trinajstić information content (AvgIpc) is 3.10. The molecule has 17 heavy (non-hydrogen) atoms. The standard InChI is InChI=1S/C13H24N2O2/c16-9-11(14-10-1-2-10)5-6-15-7-12-3-4-13(8-15)17-12/h10-14,16H,1-9H2. The van der Waals surface area contributed by atoms with Crippen molar-refractivity contribution in [2.45, 2.75) is 56.4 Å². The lowest BCUT2D eigenvalue weighted by atomic mass is 10.2. The number of likely N-dealkylation sites (tertiary alicyclic amines) is 1. The van der Waals surface area contributed by atoms with Crippen molar-refractivity contribution < 1.29 is 9.84 Å². The second kappa shape index (κ2) is 5.22. The fourth-order valence-electron chi connectivity index (χ4n) is 3.03. The van der Waals surface area contributed by atoms with Gasteiger partial charge in [-0.25, -0.2) is 0 Å². The van der Waals surface area contributed by atoms with Gasteiger partial charge < -0.3 is 15.2 Å². The summed E-state index contributed by atoms with van der Waals surface area (Å²) in [5.74, 6) is 0. The fraction of sp³-hybridized carbons (Fsp3) is 1.00. The van der Waals surface area contributed by atoms with Crippen molar-refractivity contribution in [2.24, 2.45) is 0 Å². The van der Waals surface area contributed by atoms with Gasteiger partial charge >= 0.3 is 0 Å². The minimum absolute atomic E-state index is 0.272. The average molecular weight is 240 g/mol. The third-order valence-electron chi connectivity index (χ3n) is 4.18. The Morgan fingerprint density at radius 3 is 2.47 bits per heavy atom. The zero-order chi connectivity index (χ0) is 11.7. The maximum atomic E-state index is 9.34. The number of aliphatic hydroxyl groups is 1. The largest absolute Gasteiger partial charge is 0.395 e. The van der Waals surface area contributed by atoms with Crippen LogP contribution in [-0.4, -0.2) is 60.5 Å². The van der Waals surface area contributed by atoms with E-state index in [0.717, 1.165) is 26.1 Å². The highest BCUT2D eigenvalue weighted by atomic mass is 16.5. The molecule has 0 aromatic rings. The Hall–Kier alpha value is -0.160. The van der Waals surface area contributed by atoms with Gasteiger partial charge in [-0.1, -0.05) is 0 Å². The van der Waals surface area contributed by atoms with Gasteiger partial charge in [0.2, 0.25) is 0 Å². The van der Waals surface area contributed by atoms with Crippen molar-refractivity contribution in [3.63, 3.8) is 0 Å². The number of rotatable bonds is 6. The first-order valence-electron chi connectivity index (χ1n) is 7.08. The molecule has 2 bridgehead atoms. The van der Waals surface area contributed by atoms with Crippen LogP contribution in [0, 0.1) is 0 Å². The van der Waals surface area contributed by atoms with Gasteiger partial charge in [0.05, 0.1) is 18.8 Å². The Kier molecular flexibility index (Phi) is 3.66. The molecule has 0 radical (unpaired) electrons. The molecule has 0 spiro atoms. The van der Waals surface area contributed by atoms with Crippen LogP contribution in [0.1, 0.15) is 32.1 Å². The molecular weight excluding hydrogens is 216 g/mol. The summed E-state index contributed by atoms with van der Waals surface area (Å²) >= 11 is 0. The molecule has 1 saturated carbocycles. The van der Waals surface area contributed by atoms with Gasteiger partial charge in [0, 0.05) is 25.2 Å². The highest BCUT2D eigenvalue weighted by Gasteiger charge is 2.33. The van der Waals surface area contributed by atoms with E-state index in [2.05, 4.69) is 10.2 Å². The molecule has 3 rings (SSSR count). The first-order chi connectivity index (χ1) is 8.33. The van der Waals surface area contributed by atoms with Crippen molar-refractivity contribution >= 4 is 0 Å². The lowest BCUT2D eigenvalue weighted by Crippen LogP contribution is -2.45. The van der Waals surface area contributed by atoms with Crippen LogP contribution in [0.2, 0.25) is 0 Å². The maximum absolute atomic E-state index is 9.34. The van der Waals surface area contributed by atoms with E-state index in [0.29, 0.717) is 24.3 Å². The number of nitrogens with one attached hydrogen (secondary N) is 1. The predicted octanol–water partition coefficient (Wildman–Crippen LogP) is 0.353. The smallest absolute Gasteiger partial charge is 0.0707 e. The first kappa shape index (κ1) is 11.9. The predicted molar refractivity (Wildman–Crippen MR) is 66.0 cm³/mol. The lowest BCUT2D eigenvalue weighted by Gasteiger charge is -2.33. The van der Waals surface area contributed by atoms with Crippen molar-refractivity contribution in [1.82, 2.24) is 10.2 Å². The van der Waals surface area contributed by atoms with Crippen LogP contribution in [-0.2, 0) is 4.74 Å². The molecule has 2 aliphatic heterocycles. The summed E-state index contributed by atoms with van der Waals surface area (Å²) in [6.07, 6.45) is 7.09. The Balaban J connectivity index is 1.40. The summed E-state index contributed by atoms with van der Waals surface area (Å²) in [4.78, 5) is 2.52. The molecule has 0 amide bonds. The summed E-state index contributed by atoms with van der Waals surface area (Å²) in [6.45, 7) is 3.56. The number of hydrogen-bond acceptors (Lipinski definition) is 4. The second-order valence-corrected chi connectivity index (χ2v) is 5.83. The van der Waals surface area contributed by atoms with Crippen molar-refractivity contribution in [3.05, 3.63) is 0 Å². The number of nitrogens with zero attached hydrogens (tertiary/aromatic N) is 1. The summed E-state index contributed by atoms with van der Waals surface area (Å²) in [5.41, 5.74) is 0. The van der Waals surface area contributed by atoms with E-state index in [1.807, 2.05) is 0 Å². The monoisotopic (exact) mass is 240 g/mol. The summed E-state index contributed by atoms with van der Waals surface area (Å²) in [5, 5.41) is 12.9. The molecule has 3 atom stereocenters. The molecule has 2 saturated heterocycles. The molecule has 2 N–H and O–H groups in total. The van der Waals surface area contributed by atoms with E-state index in [4.69, 9.17) is 4.74 Å². The quantitative estimate of drug-likeness (QED) is 0.703. The van der Waals surface area contributed by atoms with Crippen LogP contribution in [0.15, 0.2) is 0 Å². The molecule has 3 unspecified atom stereocenters. The summed E-state index contributed by atoms with van der Waals surface area (Å²) in [7, 11) is 0. The number of fused-ring (bicyclic) bond motifs is 2. The molecule has 3 aliphatic rings.